The molecule has 4 aromatic rings. The highest BCUT2D eigenvalue weighted by Crippen LogP contribution is 2.30. The number of carbonyl (C=O) groups excluding carboxylic acids is 1. The Morgan fingerprint density at radius 2 is 1.67 bits per heavy atom. The standard InChI is InChI=1S/C24H22N4O2/c1-14-7-5-9-22(15(14)2)30-24-20(8-6-12-25-24)28-23(29)18-10-11-19-21(13-18)27-17(4)16(3)26-19/h5-13H,1-4H3,(H,28,29). The molecule has 0 atom stereocenters. The summed E-state index contributed by atoms with van der Waals surface area (Å²) in [7, 11) is 0. The predicted octanol–water partition coefficient (Wildman–Crippen LogP) is 5.30. The monoisotopic (exact) mass is 398 g/mol. The van der Waals surface area contributed by atoms with E-state index >= 15 is 0 Å². The minimum atomic E-state index is -0.268. The second kappa shape index (κ2) is 7.91. The molecule has 6 nitrogen and oxygen atoms in total. The van der Waals surface area contributed by atoms with E-state index in [1.54, 1.807) is 36.5 Å². The lowest BCUT2D eigenvalue weighted by Crippen LogP contribution is -2.13. The fourth-order valence-electron chi connectivity index (χ4n) is 3.07. The molecule has 2 aromatic heterocycles. The number of pyridine rings is 1. The van der Waals surface area contributed by atoms with Gasteiger partial charge in [0.05, 0.1) is 22.4 Å². The van der Waals surface area contributed by atoms with Crippen molar-refractivity contribution in [1.29, 1.82) is 0 Å². The lowest BCUT2D eigenvalue weighted by atomic mass is 10.1. The number of carbonyl (C=O) groups is 1. The molecule has 0 radical (unpaired) electrons. The molecule has 0 aliphatic rings. The summed E-state index contributed by atoms with van der Waals surface area (Å²) in [5.74, 6) is 0.776. The van der Waals surface area contributed by atoms with Crippen LogP contribution in [0.25, 0.3) is 11.0 Å². The van der Waals surface area contributed by atoms with Crippen LogP contribution in [0.4, 0.5) is 5.69 Å². The van der Waals surface area contributed by atoms with Crippen molar-refractivity contribution in [3.05, 3.63) is 82.8 Å². The fraction of sp³-hybridized carbons (Fsp3) is 0.167. The van der Waals surface area contributed by atoms with Crippen molar-refractivity contribution in [2.45, 2.75) is 27.7 Å². The second-order valence-corrected chi connectivity index (χ2v) is 7.21. The Balaban J connectivity index is 1.62. The Morgan fingerprint density at radius 3 is 2.47 bits per heavy atom. The van der Waals surface area contributed by atoms with Gasteiger partial charge in [-0.2, -0.15) is 0 Å². The van der Waals surface area contributed by atoms with E-state index in [4.69, 9.17) is 4.74 Å². The Bertz CT molecular complexity index is 1270. The minimum absolute atomic E-state index is 0.268. The molecule has 0 fully saturated rings. The van der Waals surface area contributed by atoms with Crippen LogP contribution >= 0.6 is 0 Å². The normalized spacial score (nSPS) is 10.8. The number of amides is 1. The molecule has 0 spiro atoms. The number of hydrogen-bond donors (Lipinski definition) is 1. The zero-order chi connectivity index (χ0) is 21.3. The average Bonchev–Trinajstić information content (AvgIpc) is 2.73. The van der Waals surface area contributed by atoms with Crippen molar-refractivity contribution in [2.75, 3.05) is 5.32 Å². The number of nitrogens with zero attached hydrogens (tertiary/aromatic N) is 3. The zero-order valence-corrected chi connectivity index (χ0v) is 17.4. The summed E-state index contributed by atoms with van der Waals surface area (Å²) < 4.78 is 6.01. The number of aromatic nitrogens is 3. The molecule has 30 heavy (non-hydrogen) atoms. The first-order valence-electron chi connectivity index (χ1n) is 9.68. The minimum Gasteiger partial charge on any atom is -0.437 e. The molecule has 6 heteroatoms. The van der Waals surface area contributed by atoms with Crippen LogP contribution in [0.2, 0.25) is 0 Å². The van der Waals surface area contributed by atoms with Gasteiger partial charge in [-0.3, -0.25) is 4.79 Å². The summed E-state index contributed by atoms with van der Waals surface area (Å²) in [5, 5.41) is 2.90. The highest BCUT2D eigenvalue weighted by atomic mass is 16.5. The molecular weight excluding hydrogens is 376 g/mol. The number of rotatable bonds is 4. The van der Waals surface area contributed by atoms with Gasteiger partial charge in [0.2, 0.25) is 5.88 Å². The first-order chi connectivity index (χ1) is 14.4. The summed E-state index contributed by atoms with van der Waals surface area (Å²) in [6, 6.07) is 14.6. The third-order valence-electron chi connectivity index (χ3n) is 5.12. The average molecular weight is 398 g/mol. The van der Waals surface area contributed by atoms with E-state index in [1.165, 1.54) is 0 Å². The van der Waals surface area contributed by atoms with Crippen molar-refractivity contribution in [3.8, 4) is 11.6 Å². The van der Waals surface area contributed by atoms with Crippen molar-refractivity contribution in [1.82, 2.24) is 15.0 Å². The van der Waals surface area contributed by atoms with Gasteiger partial charge in [-0.05, 0) is 75.2 Å². The van der Waals surface area contributed by atoms with Gasteiger partial charge in [-0.25, -0.2) is 15.0 Å². The van der Waals surface area contributed by atoms with E-state index in [-0.39, 0.29) is 5.91 Å². The largest absolute Gasteiger partial charge is 0.437 e. The first-order valence-corrected chi connectivity index (χ1v) is 9.68. The molecule has 0 unspecified atom stereocenters. The zero-order valence-electron chi connectivity index (χ0n) is 17.4. The number of benzene rings is 2. The number of anilines is 1. The smallest absolute Gasteiger partial charge is 0.255 e. The lowest BCUT2D eigenvalue weighted by Gasteiger charge is -2.13. The highest BCUT2D eigenvalue weighted by Gasteiger charge is 2.14. The molecule has 0 saturated heterocycles. The summed E-state index contributed by atoms with van der Waals surface area (Å²) in [6.07, 6.45) is 1.63. The van der Waals surface area contributed by atoms with E-state index < -0.39 is 0 Å². The Hall–Kier alpha value is -3.80. The van der Waals surface area contributed by atoms with E-state index in [0.717, 1.165) is 28.0 Å². The van der Waals surface area contributed by atoms with Crippen LogP contribution in [0.3, 0.4) is 0 Å². The summed E-state index contributed by atoms with van der Waals surface area (Å²) in [6.45, 7) is 7.84. The molecule has 0 saturated carbocycles. The number of fused-ring (bicyclic) bond motifs is 1. The van der Waals surface area contributed by atoms with Crippen LogP contribution in [-0.2, 0) is 0 Å². The van der Waals surface area contributed by atoms with Gasteiger partial charge in [0.15, 0.2) is 0 Å². The molecule has 0 aliphatic carbocycles. The maximum atomic E-state index is 12.9. The van der Waals surface area contributed by atoms with Gasteiger partial charge in [0.25, 0.3) is 5.91 Å². The van der Waals surface area contributed by atoms with Crippen LogP contribution in [0.5, 0.6) is 11.6 Å². The van der Waals surface area contributed by atoms with Crippen LogP contribution < -0.4 is 10.1 Å². The summed E-state index contributed by atoms with van der Waals surface area (Å²) >= 11 is 0. The highest BCUT2D eigenvalue weighted by molar-refractivity contribution is 6.06. The SMILES string of the molecule is Cc1cccc(Oc2ncccc2NC(=O)c2ccc3nc(C)c(C)nc3c2)c1C. The van der Waals surface area contributed by atoms with Crippen LogP contribution in [0.15, 0.2) is 54.7 Å². The van der Waals surface area contributed by atoms with Crippen molar-refractivity contribution in [3.63, 3.8) is 0 Å². The van der Waals surface area contributed by atoms with Crippen LogP contribution in [0.1, 0.15) is 32.9 Å². The maximum absolute atomic E-state index is 12.9. The molecule has 150 valence electrons. The Morgan fingerprint density at radius 1 is 0.900 bits per heavy atom. The van der Waals surface area contributed by atoms with Gasteiger partial charge < -0.3 is 10.1 Å². The molecule has 2 heterocycles. The van der Waals surface area contributed by atoms with E-state index in [0.29, 0.717) is 28.4 Å². The number of ether oxygens (including phenoxy) is 1. The molecule has 2 aromatic carbocycles. The first kappa shape index (κ1) is 19.5. The third-order valence-corrected chi connectivity index (χ3v) is 5.12. The van der Waals surface area contributed by atoms with Gasteiger partial charge in [-0.1, -0.05) is 12.1 Å². The van der Waals surface area contributed by atoms with E-state index in [9.17, 15) is 4.79 Å². The second-order valence-electron chi connectivity index (χ2n) is 7.21. The Labute approximate surface area is 175 Å². The quantitative estimate of drug-likeness (QED) is 0.504. The number of aryl methyl sites for hydroxylation is 3. The molecular formula is C24H22N4O2. The van der Waals surface area contributed by atoms with Crippen molar-refractivity contribution < 1.29 is 9.53 Å². The third kappa shape index (κ3) is 3.85. The molecule has 4 rings (SSSR count). The van der Waals surface area contributed by atoms with Gasteiger partial charge in [0.1, 0.15) is 11.4 Å². The summed E-state index contributed by atoms with van der Waals surface area (Å²) in [5.41, 5.74) is 6.30. The van der Waals surface area contributed by atoms with Crippen LogP contribution in [-0.4, -0.2) is 20.9 Å². The van der Waals surface area contributed by atoms with Crippen LogP contribution in [0, 0.1) is 27.7 Å². The number of nitrogens with one attached hydrogen (secondary N) is 1. The van der Waals surface area contributed by atoms with E-state index in [1.807, 2.05) is 45.9 Å². The van der Waals surface area contributed by atoms with Crippen molar-refractivity contribution in [2.24, 2.45) is 0 Å². The lowest BCUT2D eigenvalue weighted by molar-refractivity contribution is 0.102. The molecule has 0 aliphatic heterocycles. The summed E-state index contributed by atoms with van der Waals surface area (Å²) in [4.78, 5) is 26.2. The molecule has 1 amide bonds. The maximum Gasteiger partial charge on any atom is 0.255 e. The Kier molecular flexibility index (Phi) is 5.14. The molecule has 1 N–H and O–H groups in total. The van der Waals surface area contributed by atoms with Crippen molar-refractivity contribution >= 4 is 22.6 Å². The fourth-order valence-corrected chi connectivity index (χ4v) is 3.07. The van der Waals surface area contributed by atoms with Gasteiger partial charge in [-0.15, -0.1) is 0 Å². The van der Waals surface area contributed by atoms with E-state index in [2.05, 4.69) is 20.3 Å². The topological polar surface area (TPSA) is 77.0 Å². The predicted molar refractivity (Wildman–Crippen MR) is 117 cm³/mol. The van der Waals surface area contributed by atoms with Gasteiger partial charge >= 0.3 is 0 Å². The molecule has 0 bridgehead atoms. The number of hydrogen-bond acceptors (Lipinski definition) is 5. The van der Waals surface area contributed by atoms with Gasteiger partial charge in [0, 0.05) is 11.8 Å².